The van der Waals surface area contributed by atoms with Crippen molar-refractivity contribution in [3.63, 3.8) is 0 Å². The minimum Gasteiger partial charge on any atom is -0.495 e. The van der Waals surface area contributed by atoms with Gasteiger partial charge in [-0.3, -0.25) is 9.59 Å². The van der Waals surface area contributed by atoms with Crippen molar-refractivity contribution in [3.05, 3.63) is 64.1 Å². The lowest BCUT2D eigenvalue weighted by atomic mass is 10.1. The highest BCUT2D eigenvalue weighted by molar-refractivity contribution is 6.32. The second-order valence-corrected chi connectivity index (χ2v) is 5.69. The number of rotatable bonds is 4. The smallest absolute Gasteiger partial charge is 0.293 e. The first kappa shape index (κ1) is 17.6. The molecule has 2 heterocycles. The van der Waals surface area contributed by atoms with Gasteiger partial charge in [-0.1, -0.05) is 11.6 Å². The number of nitrogens with one attached hydrogen (secondary N) is 1. The molecule has 0 radical (unpaired) electrons. The zero-order valence-corrected chi connectivity index (χ0v) is 14.7. The summed E-state index contributed by atoms with van der Waals surface area (Å²) in [4.78, 5) is 36.3. The van der Waals surface area contributed by atoms with E-state index in [-0.39, 0.29) is 11.5 Å². The van der Waals surface area contributed by atoms with Gasteiger partial charge in [-0.05, 0) is 24.3 Å². The van der Waals surface area contributed by atoms with E-state index in [9.17, 15) is 9.59 Å². The summed E-state index contributed by atoms with van der Waals surface area (Å²) >= 11 is 6.13. The normalized spacial score (nSPS) is 10.4. The van der Waals surface area contributed by atoms with E-state index in [1.54, 1.807) is 25.2 Å². The molecule has 26 heavy (non-hydrogen) atoms. The maximum atomic E-state index is 12.4. The predicted molar refractivity (Wildman–Crippen MR) is 96.5 cm³/mol. The van der Waals surface area contributed by atoms with Crippen molar-refractivity contribution in [3.8, 4) is 17.0 Å². The van der Waals surface area contributed by atoms with E-state index in [1.165, 1.54) is 36.5 Å². The standard InChI is InChI=1S/C17H14ClN5O3/c1-23-6-5-19-15(17(23)25)22-16(24)13-8-12(20-9-21-13)10-3-4-14(26-2)11(18)7-10/h3-9H,1-2H3,(H,19,22,24). The summed E-state index contributed by atoms with van der Waals surface area (Å²) < 4.78 is 6.43. The molecule has 9 heteroatoms. The van der Waals surface area contributed by atoms with Crippen LogP contribution in [0.25, 0.3) is 11.3 Å². The predicted octanol–water partition coefficient (Wildman–Crippen LogP) is 2.15. The van der Waals surface area contributed by atoms with Gasteiger partial charge in [0.1, 0.15) is 17.8 Å². The van der Waals surface area contributed by atoms with Crippen LogP contribution in [0.5, 0.6) is 5.75 Å². The Hall–Kier alpha value is -3.26. The van der Waals surface area contributed by atoms with E-state index < -0.39 is 11.5 Å². The lowest BCUT2D eigenvalue weighted by molar-refractivity contribution is 0.102. The number of carbonyl (C=O) groups excluding carboxylic acids is 1. The van der Waals surface area contributed by atoms with Crippen LogP contribution >= 0.6 is 11.6 Å². The zero-order valence-electron chi connectivity index (χ0n) is 13.9. The minimum absolute atomic E-state index is 0.0762. The number of aromatic nitrogens is 4. The molecule has 0 aliphatic heterocycles. The zero-order chi connectivity index (χ0) is 18.7. The molecule has 0 fully saturated rings. The van der Waals surface area contributed by atoms with Crippen LogP contribution in [0.3, 0.4) is 0 Å². The van der Waals surface area contributed by atoms with Crippen LogP contribution in [-0.2, 0) is 7.05 Å². The number of hydrogen-bond acceptors (Lipinski definition) is 6. The summed E-state index contributed by atoms with van der Waals surface area (Å²) in [5, 5.41) is 2.88. The van der Waals surface area contributed by atoms with Gasteiger partial charge < -0.3 is 14.6 Å². The van der Waals surface area contributed by atoms with Crippen LogP contribution in [0.4, 0.5) is 5.82 Å². The molecule has 2 aromatic heterocycles. The molecule has 3 aromatic rings. The molecule has 0 bridgehead atoms. The Morgan fingerprint density at radius 2 is 2.04 bits per heavy atom. The number of anilines is 1. The molecule has 0 unspecified atom stereocenters. The van der Waals surface area contributed by atoms with Crippen LogP contribution < -0.4 is 15.6 Å². The molecule has 0 aliphatic rings. The molecule has 0 saturated heterocycles. The van der Waals surface area contributed by atoms with Gasteiger partial charge in [0.05, 0.1) is 17.8 Å². The number of carbonyl (C=O) groups is 1. The van der Waals surface area contributed by atoms with E-state index in [2.05, 4.69) is 20.3 Å². The lowest BCUT2D eigenvalue weighted by Crippen LogP contribution is -2.25. The van der Waals surface area contributed by atoms with E-state index in [4.69, 9.17) is 16.3 Å². The van der Waals surface area contributed by atoms with Crippen LogP contribution in [0.15, 0.2) is 47.8 Å². The fraction of sp³-hybridized carbons (Fsp3) is 0.118. The topological polar surface area (TPSA) is 99.0 Å². The average molecular weight is 372 g/mol. The monoisotopic (exact) mass is 371 g/mol. The van der Waals surface area contributed by atoms with Gasteiger partial charge in [0, 0.05) is 25.0 Å². The Morgan fingerprint density at radius 1 is 1.23 bits per heavy atom. The summed E-state index contributed by atoms with van der Waals surface area (Å²) in [5.41, 5.74) is 0.872. The van der Waals surface area contributed by atoms with Gasteiger partial charge in [-0.2, -0.15) is 0 Å². The average Bonchev–Trinajstić information content (AvgIpc) is 2.65. The molecule has 8 nitrogen and oxygen atoms in total. The molecular formula is C17H14ClN5O3. The number of nitrogens with zero attached hydrogens (tertiary/aromatic N) is 4. The van der Waals surface area contributed by atoms with Crippen molar-refractivity contribution < 1.29 is 9.53 Å². The van der Waals surface area contributed by atoms with Gasteiger partial charge in [-0.15, -0.1) is 0 Å². The molecule has 1 amide bonds. The molecule has 0 spiro atoms. The SMILES string of the molecule is COc1ccc(-c2cc(C(=O)Nc3nccn(C)c3=O)ncn2)cc1Cl. The highest BCUT2D eigenvalue weighted by Gasteiger charge is 2.14. The molecule has 0 aliphatic carbocycles. The Labute approximate surface area is 153 Å². The van der Waals surface area contributed by atoms with Gasteiger partial charge in [0.2, 0.25) is 0 Å². The van der Waals surface area contributed by atoms with Crippen LogP contribution in [0.2, 0.25) is 5.02 Å². The first-order valence-electron chi connectivity index (χ1n) is 7.48. The number of halogens is 1. The van der Waals surface area contributed by atoms with Crippen LogP contribution in [0, 0.1) is 0 Å². The second kappa shape index (κ2) is 7.32. The van der Waals surface area contributed by atoms with Crippen LogP contribution in [-0.4, -0.2) is 32.5 Å². The third kappa shape index (κ3) is 3.55. The van der Waals surface area contributed by atoms with Gasteiger partial charge in [0.15, 0.2) is 5.82 Å². The quantitative estimate of drug-likeness (QED) is 0.754. The number of hydrogen-bond donors (Lipinski definition) is 1. The fourth-order valence-electron chi connectivity index (χ4n) is 2.22. The van der Waals surface area contributed by atoms with Crippen molar-refractivity contribution in [1.82, 2.24) is 19.5 Å². The Balaban J connectivity index is 1.89. The molecule has 0 saturated carbocycles. The number of aryl methyl sites for hydroxylation is 1. The van der Waals surface area contributed by atoms with E-state index >= 15 is 0 Å². The number of ether oxygens (including phenoxy) is 1. The third-order valence-electron chi connectivity index (χ3n) is 3.60. The Morgan fingerprint density at radius 3 is 2.77 bits per heavy atom. The summed E-state index contributed by atoms with van der Waals surface area (Å²) in [7, 11) is 3.09. The number of benzene rings is 1. The third-order valence-corrected chi connectivity index (χ3v) is 3.89. The molecule has 132 valence electrons. The van der Waals surface area contributed by atoms with E-state index in [0.29, 0.717) is 22.0 Å². The molecule has 1 aromatic carbocycles. The van der Waals surface area contributed by atoms with Crippen molar-refractivity contribution in [2.45, 2.75) is 0 Å². The van der Waals surface area contributed by atoms with Crippen LogP contribution in [0.1, 0.15) is 10.5 Å². The van der Waals surface area contributed by atoms with Crippen molar-refractivity contribution in [2.24, 2.45) is 7.05 Å². The van der Waals surface area contributed by atoms with E-state index in [1.807, 2.05) is 0 Å². The summed E-state index contributed by atoms with van der Waals surface area (Å²) in [6.07, 6.45) is 4.18. The van der Waals surface area contributed by atoms with Gasteiger partial charge in [-0.25, -0.2) is 15.0 Å². The Bertz CT molecular complexity index is 1030. The minimum atomic E-state index is -0.566. The maximum Gasteiger partial charge on any atom is 0.293 e. The summed E-state index contributed by atoms with van der Waals surface area (Å²) in [6.45, 7) is 0. The van der Waals surface area contributed by atoms with Crippen molar-refractivity contribution in [1.29, 1.82) is 0 Å². The molecular weight excluding hydrogens is 358 g/mol. The summed E-state index contributed by atoms with van der Waals surface area (Å²) in [5.74, 6) is -0.106. The van der Waals surface area contributed by atoms with Gasteiger partial charge >= 0.3 is 0 Å². The number of methoxy groups -OCH3 is 1. The highest BCUT2D eigenvalue weighted by Crippen LogP contribution is 2.29. The van der Waals surface area contributed by atoms with Gasteiger partial charge in [0.25, 0.3) is 11.5 Å². The van der Waals surface area contributed by atoms with Crippen molar-refractivity contribution in [2.75, 3.05) is 12.4 Å². The fourth-order valence-corrected chi connectivity index (χ4v) is 2.48. The lowest BCUT2D eigenvalue weighted by Gasteiger charge is -2.07. The summed E-state index contributed by atoms with van der Waals surface area (Å²) in [6, 6.07) is 6.65. The van der Waals surface area contributed by atoms with E-state index in [0.717, 1.165) is 0 Å². The largest absolute Gasteiger partial charge is 0.495 e. The maximum absolute atomic E-state index is 12.4. The molecule has 1 N–H and O–H groups in total. The molecule has 0 atom stereocenters. The molecule has 3 rings (SSSR count). The number of amides is 1. The first-order chi connectivity index (χ1) is 12.5. The first-order valence-corrected chi connectivity index (χ1v) is 7.86. The second-order valence-electron chi connectivity index (χ2n) is 5.28. The van der Waals surface area contributed by atoms with Crippen molar-refractivity contribution >= 4 is 23.3 Å². The highest BCUT2D eigenvalue weighted by atomic mass is 35.5. The Kier molecular flexibility index (Phi) is 4.94.